The Morgan fingerprint density at radius 3 is 2.04 bits per heavy atom. The van der Waals surface area contributed by atoms with E-state index in [1.165, 1.54) is 69.2 Å². The van der Waals surface area contributed by atoms with E-state index in [0.29, 0.717) is 24.3 Å². The number of hydrogen-bond acceptors (Lipinski definition) is 7. The molecule has 0 aliphatic heterocycles. The molecule has 0 radical (unpaired) electrons. The molecule has 0 fully saturated rings. The average molecular weight is 652 g/mol. The lowest BCUT2D eigenvalue weighted by Gasteiger charge is -2.11. The molecule has 46 heavy (non-hydrogen) atoms. The summed E-state index contributed by atoms with van der Waals surface area (Å²) in [5, 5.41) is 11.9. The molecule has 8 nitrogen and oxygen atoms in total. The molecule has 0 spiro atoms. The quantitative estimate of drug-likeness (QED) is 0.0393. The van der Waals surface area contributed by atoms with Crippen LogP contribution >= 0.6 is 11.6 Å². The molecule has 0 aliphatic rings. The third-order valence-corrected chi connectivity index (χ3v) is 8.24. The minimum absolute atomic E-state index is 0.0999. The number of nitro benzene ring substituents is 1. The Bertz CT molecular complexity index is 1420. The lowest BCUT2D eigenvalue weighted by Crippen LogP contribution is -2.12. The van der Waals surface area contributed by atoms with E-state index in [9.17, 15) is 19.7 Å². The predicted molar refractivity (Wildman–Crippen MR) is 182 cm³/mol. The van der Waals surface area contributed by atoms with Crippen molar-refractivity contribution in [2.24, 2.45) is 5.92 Å². The highest BCUT2D eigenvalue weighted by Crippen LogP contribution is 2.33. The minimum Gasteiger partial charge on any atom is -0.487 e. The SMILES string of the molecule is CCCCCCCCCCCCOc1ccc(-c2ccc(C(=O)Oc3ccc(C(=O)OC[C@@H](C)CC)c(Cl)c3)cc2)cc1[N+](=O)[O-]. The van der Waals surface area contributed by atoms with Gasteiger partial charge in [-0.05, 0) is 53.8 Å². The molecular weight excluding hydrogens is 606 g/mol. The summed E-state index contributed by atoms with van der Waals surface area (Å²) in [7, 11) is 0. The average Bonchev–Trinajstić information content (AvgIpc) is 3.06. The van der Waals surface area contributed by atoms with Crippen molar-refractivity contribution >= 4 is 29.2 Å². The summed E-state index contributed by atoms with van der Waals surface area (Å²) >= 11 is 6.26. The highest BCUT2D eigenvalue weighted by molar-refractivity contribution is 6.33. The van der Waals surface area contributed by atoms with Gasteiger partial charge in [-0.3, -0.25) is 10.1 Å². The first-order chi connectivity index (χ1) is 22.2. The van der Waals surface area contributed by atoms with E-state index in [1.807, 2.05) is 13.8 Å². The Morgan fingerprint density at radius 2 is 1.43 bits per heavy atom. The number of unbranched alkanes of at least 4 members (excludes halogenated alkanes) is 9. The fourth-order valence-electron chi connectivity index (χ4n) is 4.84. The van der Waals surface area contributed by atoms with Gasteiger partial charge in [0.2, 0.25) is 0 Å². The summed E-state index contributed by atoms with van der Waals surface area (Å²) < 4.78 is 16.5. The van der Waals surface area contributed by atoms with E-state index < -0.39 is 16.9 Å². The van der Waals surface area contributed by atoms with Gasteiger partial charge in [0.1, 0.15) is 5.75 Å². The van der Waals surface area contributed by atoms with E-state index in [-0.39, 0.29) is 39.3 Å². The van der Waals surface area contributed by atoms with Crippen LogP contribution in [0.25, 0.3) is 11.1 Å². The monoisotopic (exact) mass is 651 g/mol. The smallest absolute Gasteiger partial charge is 0.343 e. The van der Waals surface area contributed by atoms with Gasteiger partial charge in [0, 0.05) is 12.1 Å². The maximum atomic E-state index is 12.8. The highest BCUT2D eigenvalue weighted by atomic mass is 35.5. The van der Waals surface area contributed by atoms with Gasteiger partial charge in [-0.2, -0.15) is 0 Å². The number of hydrogen-bond donors (Lipinski definition) is 0. The third kappa shape index (κ3) is 11.8. The van der Waals surface area contributed by atoms with Gasteiger partial charge in [0.25, 0.3) is 0 Å². The van der Waals surface area contributed by atoms with Crippen LogP contribution in [0, 0.1) is 16.0 Å². The van der Waals surface area contributed by atoms with Gasteiger partial charge in [-0.15, -0.1) is 0 Å². The number of ether oxygens (including phenoxy) is 3. The topological polar surface area (TPSA) is 105 Å². The molecule has 0 aliphatic carbocycles. The molecule has 0 N–H and O–H groups in total. The summed E-state index contributed by atoms with van der Waals surface area (Å²) in [5.74, 6) is -0.481. The van der Waals surface area contributed by atoms with E-state index in [1.54, 1.807) is 36.4 Å². The first-order valence-electron chi connectivity index (χ1n) is 16.4. The summed E-state index contributed by atoms with van der Waals surface area (Å²) in [6, 6.07) is 15.8. The lowest BCUT2D eigenvalue weighted by atomic mass is 10.0. The van der Waals surface area contributed by atoms with Crippen molar-refractivity contribution in [3.8, 4) is 22.6 Å². The third-order valence-electron chi connectivity index (χ3n) is 7.93. The fraction of sp³-hybridized carbons (Fsp3) is 0.459. The number of rotatable bonds is 20. The van der Waals surface area contributed by atoms with Gasteiger partial charge < -0.3 is 14.2 Å². The van der Waals surface area contributed by atoms with E-state index in [2.05, 4.69) is 6.92 Å². The normalized spacial score (nSPS) is 11.6. The van der Waals surface area contributed by atoms with E-state index in [0.717, 1.165) is 25.7 Å². The van der Waals surface area contributed by atoms with Crippen LogP contribution in [0.1, 0.15) is 112 Å². The number of benzene rings is 3. The van der Waals surface area contributed by atoms with Crippen molar-refractivity contribution in [2.75, 3.05) is 13.2 Å². The number of halogens is 1. The van der Waals surface area contributed by atoms with Crippen molar-refractivity contribution in [3.05, 3.63) is 86.9 Å². The van der Waals surface area contributed by atoms with Crippen molar-refractivity contribution < 1.29 is 28.7 Å². The van der Waals surface area contributed by atoms with Gasteiger partial charge in [-0.25, -0.2) is 9.59 Å². The maximum Gasteiger partial charge on any atom is 0.343 e. The van der Waals surface area contributed by atoms with Crippen molar-refractivity contribution in [1.29, 1.82) is 0 Å². The maximum absolute atomic E-state index is 12.8. The molecular formula is C37H46ClNO7. The summed E-state index contributed by atoms with van der Waals surface area (Å²) in [4.78, 5) is 36.5. The zero-order valence-electron chi connectivity index (χ0n) is 27.2. The highest BCUT2D eigenvalue weighted by Gasteiger charge is 2.18. The van der Waals surface area contributed by atoms with Gasteiger partial charge in [0.05, 0.1) is 34.3 Å². The Balaban J connectivity index is 1.52. The molecule has 0 amide bonds. The number of carbonyl (C=O) groups excluding carboxylic acids is 2. The molecule has 9 heteroatoms. The molecule has 3 aromatic rings. The number of nitrogens with zero attached hydrogens (tertiary/aromatic N) is 1. The Labute approximate surface area is 277 Å². The zero-order valence-corrected chi connectivity index (χ0v) is 28.0. The number of nitro groups is 1. The molecule has 0 aromatic heterocycles. The van der Waals surface area contributed by atoms with E-state index >= 15 is 0 Å². The Hall–Kier alpha value is -3.91. The molecule has 0 saturated heterocycles. The fourth-order valence-corrected chi connectivity index (χ4v) is 5.08. The van der Waals surface area contributed by atoms with Crippen molar-refractivity contribution in [1.82, 2.24) is 0 Å². The van der Waals surface area contributed by atoms with Crippen LogP contribution in [0.15, 0.2) is 60.7 Å². The molecule has 1 atom stereocenters. The molecule has 248 valence electrons. The first-order valence-corrected chi connectivity index (χ1v) is 16.8. The van der Waals surface area contributed by atoms with Gasteiger partial charge in [-0.1, -0.05) is 115 Å². The van der Waals surface area contributed by atoms with Crippen LogP contribution in [-0.4, -0.2) is 30.1 Å². The second-order valence-corrected chi connectivity index (χ2v) is 12.1. The predicted octanol–water partition coefficient (Wildman–Crippen LogP) is 10.6. The van der Waals surface area contributed by atoms with Crippen LogP contribution in [0.5, 0.6) is 11.5 Å². The number of esters is 2. The largest absolute Gasteiger partial charge is 0.487 e. The summed E-state index contributed by atoms with van der Waals surface area (Å²) in [6.45, 7) is 6.96. The summed E-state index contributed by atoms with van der Waals surface area (Å²) in [5.41, 5.74) is 1.70. The molecule has 0 bridgehead atoms. The van der Waals surface area contributed by atoms with Crippen LogP contribution in [-0.2, 0) is 4.74 Å². The summed E-state index contributed by atoms with van der Waals surface area (Å²) in [6.07, 6.45) is 12.9. The van der Waals surface area contributed by atoms with Crippen molar-refractivity contribution in [2.45, 2.75) is 91.4 Å². The van der Waals surface area contributed by atoms with Crippen LogP contribution in [0.2, 0.25) is 5.02 Å². The van der Waals surface area contributed by atoms with E-state index in [4.69, 9.17) is 25.8 Å². The van der Waals surface area contributed by atoms with Crippen LogP contribution in [0.4, 0.5) is 5.69 Å². The van der Waals surface area contributed by atoms with Crippen LogP contribution < -0.4 is 9.47 Å². The minimum atomic E-state index is -0.614. The van der Waals surface area contributed by atoms with Gasteiger partial charge >= 0.3 is 17.6 Å². The van der Waals surface area contributed by atoms with Gasteiger partial charge in [0.15, 0.2) is 5.75 Å². The first kappa shape index (κ1) is 36.6. The Morgan fingerprint density at radius 1 is 0.804 bits per heavy atom. The zero-order chi connectivity index (χ0) is 33.3. The second kappa shape index (κ2) is 19.6. The standard InChI is InChI=1S/C37H46ClNO7/c1-4-6-7-8-9-10-11-12-13-14-23-44-35-22-19-30(24-34(35)39(42)43)28-15-17-29(18-16-28)36(40)46-31-20-21-32(33(38)25-31)37(41)45-26-27(3)5-2/h15-22,24-25,27H,4-14,23,26H2,1-3H3/t27-/m0/s1. The Kier molecular flexibility index (Phi) is 15.6. The molecule has 0 unspecified atom stereocenters. The molecule has 0 saturated carbocycles. The molecule has 3 aromatic carbocycles. The van der Waals surface area contributed by atoms with Crippen LogP contribution in [0.3, 0.4) is 0 Å². The molecule has 3 rings (SSSR count). The van der Waals surface area contributed by atoms with Crippen molar-refractivity contribution in [3.63, 3.8) is 0 Å². The lowest BCUT2D eigenvalue weighted by molar-refractivity contribution is -0.385. The second-order valence-electron chi connectivity index (χ2n) is 11.7. The molecule has 0 heterocycles. The number of carbonyl (C=O) groups is 2.